The van der Waals surface area contributed by atoms with Gasteiger partial charge in [-0.05, 0) is 44.6 Å². The minimum atomic E-state index is -4.97. The molecule has 24 heavy (non-hydrogen) atoms. The molecule has 1 aliphatic heterocycles. The number of carbonyl (C=O) groups is 1. The molecule has 1 atom stereocenters. The van der Waals surface area contributed by atoms with Gasteiger partial charge in [0.25, 0.3) is 5.91 Å². The Hall–Kier alpha value is -1.77. The molecule has 134 valence electrons. The molecule has 0 radical (unpaired) electrons. The van der Waals surface area contributed by atoms with E-state index in [1.54, 1.807) is 0 Å². The largest absolute Gasteiger partial charge is 0.416 e. The van der Waals surface area contributed by atoms with Crippen molar-refractivity contribution in [2.45, 2.75) is 31.2 Å². The molecular formula is C15H16F6N2O. The first-order valence-corrected chi connectivity index (χ1v) is 7.25. The maximum atomic E-state index is 12.8. The maximum absolute atomic E-state index is 12.8. The predicted octanol–water partition coefficient (Wildman–Crippen LogP) is 3.55. The van der Waals surface area contributed by atoms with Crippen LogP contribution in [0.5, 0.6) is 0 Å². The van der Waals surface area contributed by atoms with Gasteiger partial charge in [0, 0.05) is 18.2 Å². The molecule has 1 aromatic carbocycles. The Balaban J connectivity index is 2.29. The summed E-state index contributed by atoms with van der Waals surface area (Å²) in [5.74, 6) is -0.938. The van der Waals surface area contributed by atoms with Gasteiger partial charge in [-0.3, -0.25) is 4.79 Å². The van der Waals surface area contributed by atoms with Crippen LogP contribution >= 0.6 is 0 Å². The average Bonchev–Trinajstić information content (AvgIpc) is 2.45. The maximum Gasteiger partial charge on any atom is 0.416 e. The van der Waals surface area contributed by atoms with Crippen LogP contribution in [0.4, 0.5) is 26.3 Å². The third-order valence-corrected chi connectivity index (χ3v) is 3.81. The Morgan fingerprint density at radius 3 is 2.08 bits per heavy atom. The second-order valence-electron chi connectivity index (χ2n) is 5.87. The van der Waals surface area contributed by atoms with Crippen LogP contribution in [-0.2, 0) is 12.4 Å². The van der Waals surface area contributed by atoms with Crippen molar-refractivity contribution in [2.24, 2.45) is 0 Å². The van der Waals surface area contributed by atoms with Gasteiger partial charge < -0.3 is 10.2 Å². The third-order valence-electron chi connectivity index (χ3n) is 3.81. The standard InChI is InChI=1S/C15H16F6N2O/c1-23-4-2-3-12(8-23)22-13(24)9-5-10(14(16,17)18)7-11(6-9)15(19,20)21/h5-7,12H,2-4,8H2,1H3,(H,22,24)/t12-/m1/s1. The van der Waals surface area contributed by atoms with E-state index in [9.17, 15) is 31.1 Å². The van der Waals surface area contributed by atoms with E-state index in [4.69, 9.17) is 0 Å². The molecule has 1 amide bonds. The molecule has 0 unspecified atom stereocenters. The first-order chi connectivity index (χ1) is 11.0. The normalized spacial score (nSPS) is 20.0. The van der Waals surface area contributed by atoms with Crippen molar-refractivity contribution in [1.82, 2.24) is 10.2 Å². The van der Waals surface area contributed by atoms with Crippen LogP contribution in [0.15, 0.2) is 18.2 Å². The fraction of sp³-hybridized carbons (Fsp3) is 0.533. The summed E-state index contributed by atoms with van der Waals surface area (Å²) < 4.78 is 76.8. The number of nitrogens with one attached hydrogen (secondary N) is 1. The Kier molecular flexibility index (Phi) is 5.12. The Morgan fingerprint density at radius 1 is 1.08 bits per heavy atom. The predicted molar refractivity (Wildman–Crippen MR) is 74.4 cm³/mol. The van der Waals surface area contributed by atoms with Crippen LogP contribution in [0, 0.1) is 0 Å². The number of alkyl halides is 6. The Labute approximate surface area is 134 Å². The van der Waals surface area contributed by atoms with Gasteiger partial charge in [0.2, 0.25) is 0 Å². The van der Waals surface area contributed by atoms with E-state index < -0.39 is 35.0 Å². The fourth-order valence-corrected chi connectivity index (χ4v) is 2.64. The fourth-order valence-electron chi connectivity index (χ4n) is 2.64. The van der Waals surface area contributed by atoms with Gasteiger partial charge in [0.05, 0.1) is 11.1 Å². The van der Waals surface area contributed by atoms with E-state index in [1.807, 2.05) is 11.9 Å². The van der Waals surface area contributed by atoms with Gasteiger partial charge in [-0.1, -0.05) is 0 Å². The van der Waals surface area contributed by atoms with E-state index in [1.165, 1.54) is 0 Å². The highest BCUT2D eigenvalue weighted by Crippen LogP contribution is 2.36. The molecule has 0 aromatic heterocycles. The summed E-state index contributed by atoms with van der Waals surface area (Å²) in [6, 6.07) is 0.583. The van der Waals surface area contributed by atoms with E-state index in [0.29, 0.717) is 25.1 Å². The zero-order valence-corrected chi connectivity index (χ0v) is 12.8. The molecule has 1 aromatic rings. The molecule has 0 spiro atoms. The summed E-state index contributed by atoms with van der Waals surface area (Å²) in [5.41, 5.74) is -3.64. The molecule has 9 heteroatoms. The van der Waals surface area contributed by atoms with Crippen molar-refractivity contribution in [3.63, 3.8) is 0 Å². The van der Waals surface area contributed by atoms with Crippen molar-refractivity contribution >= 4 is 5.91 Å². The van der Waals surface area contributed by atoms with Crippen LogP contribution in [-0.4, -0.2) is 37.0 Å². The highest BCUT2D eigenvalue weighted by molar-refractivity contribution is 5.94. The lowest BCUT2D eigenvalue weighted by molar-refractivity contribution is -0.143. The zero-order chi connectivity index (χ0) is 18.1. The minimum Gasteiger partial charge on any atom is -0.348 e. The number of piperidine rings is 1. The van der Waals surface area contributed by atoms with E-state index in [0.717, 1.165) is 13.0 Å². The highest BCUT2D eigenvalue weighted by Gasteiger charge is 2.37. The number of likely N-dealkylation sites (N-methyl/N-ethyl adjacent to an activating group) is 1. The van der Waals surface area contributed by atoms with Crippen molar-refractivity contribution in [2.75, 3.05) is 20.1 Å². The molecule has 0 saturated carbocycles. The number of carbonyl (C=O) groups excluding carboxylic acids is 1. The highest BCUT2D eigenvalue weighted by atomic mass is 19.4. The summed E-state index contributed by atoms with van der Waals surface area (Å²) in [4.78, 5) is 14.0. The van der Waals surface area contributed by atoms with E-state index in [2.05, 4.69) is 5.32 Å². The smallest absolute Gasteiger partial charge is 0.348 e. The second kappa shape index (κ2) is 6.62. The molecule has 1 N–H and O–H groups in total. The first kappa shape index (κ1) is 18.6. The number of likely N-dealkylation sites (tertiary alicyclic amines) is 1. The number of rotatable bonds is 2. The van der Waals surface area contributed by atoms with Crippen LogP contribution in [0.1, 0.15) is 34.3 Å². The number of hydrogen-bond acceptors (Lipinski definition) is 2. The van der Waals surface area contributed by atoms with Gasteiger partial charge in [0.15, 0.2) is 0 Å². The number of nitrogens with zero attached hydrogens (tertiary/aromatic N) is 1. The van der Waals surface area contributed by atoms with Crippen LogP contribution in [0.25, 0.3) is 0 Å². The molecule has 1 saturated heterocycles. The van der Waals surface area contributed by atoms with Crippen LogP contribution in [0.2, 0.25) is 0 Å². The third kappa shape index (κ3) is 4.62. The van der Waals surface area contributed by atoms with E-state index in [-0.39, 0.29) is 12.1 Å². The zero-order valence-electron chi connectivity index (χ0n) is 12.8. The minimum absolute atomic E-state index is 0.00513. The molecular weight excluding hydrogens is 338 g/mol. The molecule has 1 aliphatic rings. The molecule has 0 aliphatic carbocycles. The lowest BCUT2D eigenvalue weighted by Crippen LogP contribution is -2.46. The topological polar surface area (TPSA) is 32.3 Å². The summed E-state index contributed by atoms with van der Waals surface area (Å²) in [7, 11) is 1.82. The molecule has 0 bridgehead atoms. The summed E-state index contributed by atoms with van der Waals surface area (Å²) >= 11 is 0. The van der Waals surface area contributed by atoms with Crippen molar-refractivity contribution in [3.05, 3.63) is 34.9 Å². The average molecular weight is 354 g/mol. The van der Waals surface area contributed by atoms with E-state index >= 15 is 0 Å². The van der Waals surface area contributed by atoms with Gasteiger partial charge in [-0.15, -0.1) is 0 Å². The molecule has 1 fully saturated rings. The Bertz CT molecular complexity index is 579. The lowest BCUT2D eigenvalue weighted by atomic mass is 10.0. The Morgan fingerprint density at radius 2 is 1.62 bits per heavy atom. The van der Waals surface area contributed by atoms with Gasteiger partial charge in [0.1, 0.15) is 0 Å². The number of hydrogen-bond donors (Lipinski definition) is 1. The summed E-state index contributed by atoms with van der Waals surface area (Å²) in [6.45, 7) is 1.32. The quantitative estimate of drug-likeness (QED) is 0.824. The summed E-state index contributed by atoms with van der Waals surface area (Å²) in [5, 5.41) is 2.51. The van der Waals surface area contributed by atoms with Gasteiger partial charge >= 0.3 is 12.4 Å². The summed E-state index contributed by atoms with van der Waals surface area (Å²) in [6.07, 6.45) is -8.53. The van der Waals surface area contributed by atoms with Crippen LogP contribution < -0.4 is 5.32 Å². The second-order valence-corrected chi connectivity index (χ2v) is 5.87. The number of amides is 1. The monoisotopic (exact) mass is 354 g/mol. The first-order valence-electron chi connectivity index (χ1n) is 7.25. The van der Waals surface area contributed by atoms with Gasteiger partial charge in [-0.25, -0.2) is 0 Å². The number of benzene rings is 1. The van der Waals surface area contributed by atoms with Crippen molar-refractivity contribution in [3.8, 4) is 0 Å². The molecule has 3 nitrogen and oxygen atoms in total. The molecule has 1 heterocycles. The van der Waals surface area contributed by atoms with Gasteiger partial charge in [-0.2, -0.15) is 26.3 Å². The SMILES string of the molecule is CN1CCC[C@@H](NC(=O)c2cc(C(F)(F)F)cc(C(F)(F)F)c2)C1. The molecule has 2 rings (SSSR count). The van der Waals surface area contributed by atoms with Crippen molar-refractivity contribution < 1.29 is 31.1 Å². The number of halogens is 6. The van der Waals surface area contributed by atoms with Crippen molar-refractivity contribution in [1.29, 1.82) is 0 Å². The lowest BCUT2D eigenvalue weighted by Gasteiger charge is -2.30. The van der Waals surface area contributed by atoms with Crippen LogP contribution in [0.3, 0.4) is 0 Å².